The average Bonchev–Trinajstić information content (AvgIpc) is 2.78. The standard InChI is InChI=1S/C9H11F2N3/c1-4-2-7(4)13-9-6(11)3-5(10)8(12)14-9/h3-4,7H,2H2,1H3,(H3,12,13,14). The first kappa shape index (κ1) is 9.18. The van der Waals surface area contributed by atoms with Gasteiger partial charge in [0.15, 0.2) is 23.3 Å². The zero-order valence-corrected chi connectivity index (χ0v) is 7.72. The van der Waals surface area contributed by atoms with E-state index in [1.807, 2.05) is 6.92 Å². The molecule has 5 heteroatoms. The zero-order valence-electron chi connectivity index (χ0n) is 7.72. The van der Waals surface area contributed by atoms with Crippen LogP contribution in [0, 0.1) is 17.6 Å². The van der Waals surface area contributed by atoms with E-state index in [0.717, 1.165) is 12.5 Å². The van der Waals surface area contributed by atoms with Crippen molar-refractivity contribution in [2.45, 2.75) is 19.4 Å². The number of nitrogens with one attached hydrogen (secondary N) is 1. The summed E-state index contributed by atoms with van der Waals surface area (Å²) < 4.78 is 25.9. The summed E-state index contributed by atoms with van der Waals surface area (Å²) in [5.41, 5.74) is 5.23. The molecule has 2 atom stereocenters. The van der Waals surface area contributed by atoms with Crippen molar-refractivity contribution < 1.29 is 8.78 Å². The number of hydrogen-bond donors (Lipinski definition) is 2. The molecule has 1 aromatic heterocycles. The minimum absolute atomic E-state index is 0.0400. The third kappa shape index (κ3) is 1.62. The first-order chi connectivity index (χ1) is 6.58. The molecular formula is C9H11F2N3. The highest BCUT2D eigenvalue weighted by atomic mass is 19.1. The third-order valence-corrected chi connectivity index (χ3v) is 2.39. The maximum atomic E-state index is 13.1. The number of nitrogens with zero attached hydrogens (tertiary/aromatic N) is 1. The Morgan fingerprint density at radius 1 is 1.50 bits per heavy atom. The van der Waals surface area contributed by atoms with E-state index in [-0.39, 0.29) is 17.7 Å². The highest BCUT2D eigenvalue weighted by molar-refractivity contribution is 5.46. The molecule has 1 aliphatic carbocycles. The first-order valence-electron chi connectivity index (χ1n) is 4.46. The van der Waals surface area contributed by atoms with Crippen LogP contribution in [0.25, 0.3) is 0 Å². The molecule has 2 unspecified atom stereocenters. The van der Waals surface area contributed by atoms with Gasteiger partial charge in [0.2, 0.25) is 0 Å². The monoisotopic (exact) mass is 199 g/mol. The largest absolute Gasteiger partial charge is 0.381 e. The molecule has 14 heavy (non-hydrogen) atoms. The fourth-order valence-corrected chi connectivity index (χ4v) is 1.28. The minimum atomic E-state index is -0.822. The Bertz CT molecular complexity index is 367. The molecule has 0 radical (unpaired) electrons. The van der Waals surface area contributed by atoms with E-state index < -0.39 is 11.6 Å². The van der Waals surface area contributed by atoms with E-state index in [0.29, 0.717) is 5.92 Å². The molecule has 0 aliphatic heterocycles. The van der Waals surface area contributed by atoms with Crippen molar-refractivity contribution >= 4 is 11.6 Å². The summed E-state index contributed by atoms with van der Waals surface area (Å²) in [5.74, 6) is -1.24. The van der Waals surface area contributed by atoms with Gasteiger partial charge in [-0.1, -0.05) is 6.92 Å². The van der Waals surface area contributed by atoms with Gasteiger partial charge < -0.3 is 11.1 Å². The Hall–Kier alpha value is -1.39. The summed E-state index contributed by atoms with van der Waals surface area (Å²) in [7, 11) is 0. The van der Waals surface area contributed by atoms with Gasteiger partial charge in [-0.2, -0.15) is 0 Å². The number of nitrogens with two attached hydrogens (primary N) is 1. The molecule has 3 N–H and O–H groups in total. The van der Waals surface area contributed by atoms with E-state index >= 15 is 0 Å². The predicted molar refractivity (Wildman–Crippen MR) is 49.8 cm³/mol. The second kappa shape index (κ2) is 3.08. The number of nitrogen functional groups attached to an aromatic ring is 1. The van der Waals surface area contributed by atoms with Crippen LogP contribution in [0.4, 0.5) is 20.4 Å². The summed E-state index contributed by atoms with van der Waals surface area (Å²) in [6, 6.07) is 0.986. The molecule has 1 aliphatic rings. The van der Waals surface area contributed by atoms with Crippen molar-refractivity contribution in [1.29, 1.82) is 0 Å². The molecule has 0 bridgehead atoms. The summed E-state index contributed by atoms with van der Waals surface area (Å²) in [5, 5.41) is 2.87. The lowest BCUT2D eigenvalue weighted by molar-refractivity contribution is 0.579. The molecule has 1 heterocycles. The van der Waals surface area contributed by atoms with Crippen LogP contribution in [-0.4, -0.2) is 11.0 Å². The van der Waals surface area contributed by atoms with Crippen LogP contribution >= 0.6 is 0 Å². The molecule has 2 rings (SSSR count). The minimum Gasteiger partial charge on any atom is -0.381 e. The maximum absolute atomic E-state index is 13.1. The van der Waals surface area contributed by atoms with Crippen LogP contribution in [0.2, 0.25) is 0 Å². The number of rotatable bonds is 2. The smallest absolute Gasteiger partial charge is 0.168 e. The van der Waals surface area contributed by atoms with Gasteiger partial charge in [-0.05, 0) is 12.3 Å². The third-order valence-electron chi connectivity index (χ3n) is 2.39. The summed E-state index contributed by atoms with van der Waals surface area (Å²) in [4.78, 5) is 3.60. The molecule has 1 fully saturated rings. The Balaban J connectivity index is 2.20. The number of hydrogen-bond acceptors (Lipinski definition) is 3. The predicted octanol–water partition coefficient (Wildman–Crippen LogP) is 1.76. The molecule has 1 saturated carbocycles. The van der Waals surface area contributed by atoms with Gasteiger partial charge in [0.25, 0.3) is 0 Å². The fraction of sp³-hybridized carbons (Fsp3) is 0.444. The Kier molecular flexibility index (Phi) is 2.02. The van der Waals surface area contributed by atoms with E-state index in [1.54, 1.807) is 0 Å². The van der Waals surface area contributed by atoms with Crippen molar-refractivity contribution in [2.24, 2.45) is 5.92 Å². The second-order valence-electron chi connectivity index (χ2n) is 3.65. The molecule has 3 nitrogen and oxygen atoms in total. The highest BCUT2D eigenvalue weighted by Crippen LogP contribution is 2.33. The number of aromatic nitrogens is 1. The first-order valence-corrected chi connectivity index (χ1v) is 4.46. The highest BCUT2D eigenvalue weighted by Gasteiger charge is 2.33. The Labute approximate surface area is 80.3 Å². The average molecular weight is 199 g/mol. The molecule has 0 saturated heterocycles. The normalized spacial score (nSPS) is 24.8. The van der Waals surface area contributed by atoms with Gasteiger partial charge in [0, 0.05) is 12.1 Å². The molecule has 0 spiro atoms. The van der Waals surface area contributed by atoms with E-state index in [1.165, 1.54) is 0 Å². The fourth-order valence-electron chi connectivity index (χ4n) is 1.28. The van der Waals surface area contributed by atoms with Gasteiger partial charge >= 0.3 is 0 Å². The Morgan fingerprint density at radius 2 is 2.14 bits per heavy atom. The lowest BCUT2D eigenvalue weighted by Gasteiger charge is -2.06. The molecule has 1 aromatic rings. The van der Waals surface area contributed by atoms with Gasteiger partial charge in [-0.25, -0.2) is 13.8 Å². The SMILES string of the molecule is CC1CC1Nc1nc(N)c(F)cc1F. The van der Waals surface area contributed by atoms with E-state index in [2.05, 4.69) is 10.3 Å². The van der Waals surface area contributed by atoms with E-state index in [9.17, 15) is 8.78 Å². The molecule has 76 valence electrons. The van der Waals surface area contributed by atoms with Crippen molar-refractivity contribution in [1.82, 2.24) is 4.98 Å². The lowest BCUT2D eigenvalue weighted by Crippen LogP contribution is -2.09. The van der Waals surface area contributed by atoms with Crippen molar-refractivity contribution in [3.05, 3.63) is 17.7 Å². The second-order valence-corrected chi connectivity index (χ2v) is 3.65. The Morgan fingerprint density at radius 3 is 2.71 bits per heavy atom. The number of halogens is 2. The number of pyridine rings is 1. The van der Waals surface area contributed by atoms with Crippen LogP contribution in [0.15, 0.2) is 6.07 Å². The number of anilines is 2. The molecule has 0 aromatic carbocycles. The molecular weight excluding hydrogens is 188 g/mol. The van der Waals surface area contributed by atoms with Crippen LogP contribution in [0.3, 0.4) is 0 Å². The van der Waals surface area contributed by atoms with Gasteiger partial charge in [0.05, 0.1) is 0 Å². The zero-order chi connectivity index (χ0) is 10.3. The van der Waals surface area contributed by atoms with Crippen molar-refractivity contribution in [2.75, 3.05) is 11.1 Å². The lowest BCUT2D eigenvalue weighted by atomic mass is 10.4. The van der Waals surface area contributed by atoms with E-state index in [4.69, 9.17) is 5.73 Å². The van der Waals surface area contributed by atoms with Crippen LogP contribution in [0.1, 0.15) is 13.3 Å². The van der Waals surface area contributed by atoms with Crippen LogP contribution in [0.5, 0.6) is 0 Å². The summed E-state index contributed by atoms with van der Waals surface area (Å²) in [6.45, 7) is 2.04. The van der Waals surface area contributed by atoms with Gasteiger partial charge in [-0.3, -0.25) is 0 Å². The van der Waals surface area contributed by atoms with Crippen LogP contribution < -0.4 is 11.1 Å². The summed E-state index contributed by atoms with van der Waals surface area (Å²) in [6.07, 6.45) is 0.985. The van der Waals surface area contributed by atoms with Crippen molar-refractivity contribution in [3.63, 3.8) is 0 Å². The van der Waals surface area contributed by atoms with Crippen LogP contribution in [-0.2, 0) is 0 Å². The quantitative estimate of drug-likeness (QED) is 0.763. The summed E-state index contributed by atoms with van der Waals surface area (Å²) >= 11 is 0. The maximum Gasteiger partial charge on any atom is 0.168 e. The topological polar surface area (TPSA) is 50.9 Å². The van der Waals surface area contributed by atoms with Gasteiger partial charge in [-0.15, -0.1) is 0 Å². The molecule has 0 amide bonds. The van der Waals surface area contributed by atoms with Crippen molar-refractivity contribution in [3.8, 4) is 0 Å². The van der Waals surface area contributed by atoms with Gasteiger partial charge in [0.1, 0.15) is 0 Å².